The minimum Gasteiger partial charge on any atom is -0.346 e. The molecule has 1 atom stereocenters. The Bertz CT molecular complexity index is 1630. The number of nitrogens with zero attached hydrogens (tertiary/aromatic N) is 5. The van der Waals surface area contributed by atoms with Crippen LogP contribution < -0.4 is 5.32 Å². The topological polar surface area (TPSA) is 52.0 Å². The van der Waals surface area contributed by atoms with E-state index in [-0.39, 0.29) is 11.7 Å². The fraction of sp³-hybridized carbons (Fsp3) is 0.276. The van der Waals surface area contributed by atoms with Crippen LogP contribution in [0.15, 0.2) is 61.1 Å². The van der Waals surface area contributed by atoms with Crippen molar-refractivity contribution in [1.29, 1.82) is 0 Å². The first-order chi connectivity index (χ1) is 17.5. The molecule has 0 unspecified atom stereocenters. The van der Waals surface area contributed by atoms with E-state index < -0.39 is 5.82 Å². The molecule has 1 N–H and O–H groups in total. The Balaban J connectivity index is 1.54. The fourth-order valence-corrected chi connectivity index (χ4v) is 5.19. The maximum absolute atomic E-state index is 14.8. The van der Waals surface area contributed by atoms with Crippen LogP contribution in [-0.4, -0.2) is 32.4 Å². The van der Waals surface area contributed by atoms with Crippen LogP contribution in [0, 0.1) is 18.3 Å². The van der Waals surface area contributed by atoms with E-state index in [1.807, 2.05) is 29.1 Å². The summed E-state index contributed by atoms with van der Waals surface area (Å²) in [7, 11) is 0. The molecule has 1 aliphatic heterocycles. The van der Waals surface area contributed by atoms with Gasteiger partial charge in [0.25, 0.3) is 0 Å². The lowest BCUT2D eigenvalue weighted by Gasteiger charge is -2.14. The fourth-order valence-electron chi connectivity index (χ4n) is 5.19. The van der Waals surface area contributed by atoms with Gasteiger partial charge in [0.2, 0.25) is 5.69 Å². The first kappa shape index (κ1) is 22.4. The Hall–Kier alpha value is -4.02. The number of benzene rings is 2. The highest BCUT2D eigenvalue weighted by Crippen LogP contribution is 2.39. The van der Waals surface area contributed by atoms with Crippen molar-refractivity contribution >= 4 is 27.5 Å². The predicted molar refractivity (Wildman–Crippen MR) is 141 cm³/mol. The second-order valence-corrected chi connectivity index (χ2v) is 9.86. The highest BCUT2D eigenvalue weighted by Gasteiger charge is 2.20. The molecule has 180 valence electrons. The van der Waals surface area contributed by atoms with Crippen molar-refractivity contribution in [2.24, 2.45) is 5.92 Å². The third-order valence-electron chi connectivity index (χ3n) is 7.13. The molecule has 0 aliphatic carbocycles. The highest BCUT2D eigenvalue weighted by molar-refractivity contribution is 6.02. The van der Waals surface area contributed by atoms with Crippen LogP contribution in [0.25, 0.3) is 49.0 Å². The lowest BCUT2D eigenvalue weighted by Crippen LogP contribution is -2.14. The van der Waals surface area contributed by atoms with E-state index in [0.29, 0.717) is 11.5 Å². The Morgan fingerprint density at radius 3 is 2.78 bits per heavy atom. The van der Waals surface area contributed by atoms with Gasteiger partial charge in [-0.05, 0) is 69.1 Å². The van der Waals surface area contributed by atoms with Crippen LogP contribution in [-0.2, 0) is 6.54 Å². The molecule has 7 heteroatoms. The zero-order valence-electron chi connectivity index (χ0n) is 20.4. The van der Waals surface area contributed by atoms with Gasteiger partial charge in [-0.3, -0.25) is 9.67 Å². The minimum atomic E-state index is -0.518. The van der Waals surface area contributed by atoms with Crippen molar-refractivity contribution in [1.82, 2.24) is 24.6 Å². The number of hydrogen-bond donors (Lipinski definition) is 1. The van der Waals surface area contributed by atoms with Crippen molar-refractivity contribution < 1.29 is 4.39 Å². The monoisotopic (exact) mass is 478 g/mol. The summed E-state index contributed by atoms with van der Waals surface area (Å²) in [6.45, 7) is 14.4. The summed E-state index contributed by atoms with van der Waals surface area (Å²) in [5.74, 6) is 0.0644. The number of halogens is 1. The number of rotatable bonds is 5. The van der Waals surface area contributed by atoms with Crippen LogP contribution in [0.4, 0.5) is 10.1 Å². The van der Waals surface area contributed by atoms with Gasteiger partial charge < -0.3 is 9.88 Å². The van der Waals surface area contributed by atoms with Crippen molar-refractivity contribution in [3.8, 4) is 22.4 Å². The Morgan fingerprint density at radius 1 is 1.17 bits per heavy atom. The van der Waals surface area contributed by atoms with Gasteiger partial charge in [0.15, 0.2) is 0 Å². The number of aromatic nitrogens is 4. The lowest BCUT2D eigenvalue weighted by molar-refractivity contribution is 0.491. The Morgan fingerprint density at radius 2 is 2.03 bits per heavy atom. The van der Waals surface area contributed by atoms with E-state index in [2.05, 4.69) is 58.2 Å². The first-order valence-corrected chi connectivity index (χ1v) is 12.4. The summed E-state index contributed by atoms with van der Waals surface area (Å²) in [5.41, 5.74) is 5.31. The quantitative estimate of drug-likeness (QED) is 0.290. The van der Waals surface area contributed by atoms with Crippen molar-refractivity contribution in [3.63, 3.8) is 0 Å². The summed E-state index contributed by atoms with van der Waals surface area (Å²) in [6, 6.07) is 13.4. The normalized spacial score (nSPS) is 15.8. The molecule has 5 aromatic rings. The minimum absolute atomic E-state index is 0.0225. The number of fused-ring (bicyclic) bond motifs is 2. The van der Waals surface area contributed by atoms with Crippen LogP contribution in [0.2, 0.25) is 0 Å². The molecule has 0 spiro atoms. The third-order valence-corrected chi connectivity index (χ3v) is 7.13. The van der Waals surface area contributed by atoms with Gasteiger partial charge in [-0.2, -0.15) is 5.10 Å². The van der Waals surface area contributed by atoms with Gasteiger partial charge in [-0.25, -0.2) is 9.24 Å². The summed E-state index contributed by atoms with van der Waals surface area (Å²) < 4.78 is 19.0. The number of hydrogen-bond acceptors (Lipinski definition) is 3. The van der Waals surface area contributed by atoms with Gasteiger partial charge in [0.05, 0.1) is 29.5 Å². The Labute approximate surface area is 209 Å². The molecule has 0 saturated carbocycles. The zero-order valence-corrected chi connectivity index (χ0v) is 20.4. The standard InChI is InChI=1S/C29H27FN6/c1-18(2)36-17-22-12-21(5-6-25(22)34-36)29-28(20-4-7-26(31-3)24(30)13-20)23-9-11-35(27(23)15-33-29)16-19-8-10-32-14-19/h4-7,9,11-13,15,17-19,32H,8,10,14,16H2,1-2H3/t19-/m1/s1. The maximum Gasteiger partial charge on any atom is 0.222 e. The summed E-state index contributed by atoms with van der Waals surface area (Å²) in [6.07, 6.45) is 7.25. The van der Waals surface area contributed by atoms with E-state index >= 15 is 0 Å². The Kier molecular flexibility index (Phi) is 5.54. The molecule has 1 fully saturated rings. The first-order valence-electron chi connectivity index (χ1n) is 12.4. The molecule has 6 rings (SSSR count). The zero-order chi connectivity index (χ0) is 24.8. The number of pyridine rings is 1. The van der Waals surface area contributed by atoms with E-state index in [4.69, 9.17) is 11.6 Å². The van der Waals surface area contributed by atoms with Gasteiger partial charge in [-0.15, -0.1) is 0 Å². The average molecular weight is 479 g/mol. The molecule has 4 heterocycles. The smallest absolute Gasteiger partial charge is 0.222 e. The number of nitrogens with one attached hydrogen (secondary N) is 1. The molecule has 36 heavy (non-hydrogen) atoms. The van der Waals surface area contributed by atoms with E-state index in [9.17, 15) is 4.39 Å². The second-order valence-electron chi connectivity index (χ2n) is 9.86. The average Bonchev–Trinajstić information content (AvgIpc) is 3.63. The van der Waals surface area contributed by atoms with Crippen molar-refractivity contribution in [2.75, 3.05) is 13.1 Å². The highest BCUT2D eigenvalue weighted by atomic mass is 19.1. The van der Waals surface area contributed by atoms with Crippen LogP contribution in [0.1, 0.15) is 26.3 Å². The molecule has 2 aromatic carbocycles. The molecule has 0 bridgehead atoms. The van der Waals surface area contributed by atoms with E-state index in [1.54, 1.807) is 6.07 Å². The summed E-state index contributed by atoms with van der Waals surface area (Å²) >= 11 is 0. The van der Waals surface area contributed by atoms with Gasteiger partial charge in [0, 0.05) is 46.9 Å². The van der Waals surface area contributed by atoms with Crippen LogP contribution >= 0.6 is 0 Å². The molecular weight excluding hydrogens is 451 g/mol. The predicted octanol–water partition coefficient (Wildman–Crippen LogP) is 6.60. The largest absolute Gasteiger partial charge is 0.346 e. The summed E-state index contributed by atoms with van der Waals surface area (Å²) in [4.78, 5) is 8.24. The molecule has 0 radical (unpaired) electrons. The molecular formula is C29H27FN6. The SMILES string of the molecule is [C-]#[N+]c1ccc(-c2c(-c3ccc4nn(C(C)C)cc4c3)ncc3c2ccn3C[C@@H]2CCNC2)cc1F. The van der Waals surface area contributed by atoms with Crippen molar-refractivity contribution in [2.45, 2.75) is 32.9 Å². The van der Waals surface area contributed by atoms with Gasteiger partial charge >= 0.3 is 0 Å². The van der Waals surface area contributed by atoms with Gasteiger partial charge in [-0.1, -0.05) is 18.2 Å². The molecule has 3 aromatic heterocycles. The van der Waals surface area contributed by atoms with E-state index in [0.717, 1.165) is 64.7 Å². The van der Waals surface area contributed by atoms with E-state index in [1.165, 1.54) is 6.07 Å². The second kappa shape index (κ2) is 8.89. The van der Waals surface area contributed by atoms with Crippen molar-refractivity contribution in [3.05, 3.63) is 78.3 Å². The third kappa shape index (κ3) is 3.84. The van der Waals surface area contributed by atoms with Crippen LogP contribution in [0.3, 0.4) is 0 Å². The van der Waals surface area contributed by atoms with Gasteiger partial charge in [0.1, 0.15) is 5.82 Å². The molecule has 6 nitrogen and oxygen atoms in total. The maximum atomic E-state index is 14.8. The molecule has 1 saturated heterocycles. The molecule has 0 amide bonds. The van der Waals surface area contributed by atoms with Crippen LogP contribution in [0.5, 0.6) is 0 Å². The molecule has 1 aliphatic rings. The lowest BCUT2D eigenvalue weighted by atomic mass is 9.95. The summed E-state index contributed by atoms with van der Waals surface area (Å²) in [5, 5.41) is 10.2.